The Morgan fingerprint density at radius 1 is 1.16 bits per heavy atom. The van der Waals surface area contributed by atoms with E-state index in [-0.39, 0.29) is 11.9 Å². The van der Waals surface area contributed by atoms with Crippen molar-refractivity contribution in [3.63, 3.8) is 0 Å². The molecule has 0 aromatic rings. The topological polar surface area (TPSA) is 43.9 Å². The first kappa shape index (κ1) is 14.2. The second-order valence-electron chi connectivity index (χ2n) is 5.42. The number of rotatable bonds is 4. The van der Waals surface area contributed by atoms with Crippen molar-refractivity contribution in [1.29, 1.82) is 0 Å². The molecule has 0 aromatic carbocycles. The third-order valence-corrected chi connectivity index (χ3v) is 4.23. The molecule has 2 aliphatic rings. The van der Waals surface area contributed by atoms with Gasteiger partial charge in [0.2, 0.25) is 5.91 Å². The van der Waals surface area contributed by atoms with Gasteiger partial charge in [-0.05, 0) is 26.2 Å². The van der Waals surface area contributed by atoms with Crippen molar-refractivity contribution in [2.75, 3.05) is 32.7 Å². The van der Waals surface area contributed by atoms with Crippen molar-refractivity contribution in [1.82, 2.24) is 14.7 Å². The van der Waals surface area contributed by atoms with E-state index in [0.717, 1.165) is 52.0 Å². The highest BCUT2D eigenvalue weighted by Gasteiger charge is 2.35. The molecule has 0 radical (unpaired) electrons. The lowest BCUT2D eigenvalue weighted by molar-refractivity contribution is -0.132. The van der Waals surface area contributed by atoms with Crippen molar-refractivity contribution < 1.29 is 9.59 Å². The van der Waals surface area contributed by atoms with Crippen LogP contribution in [0.25, 0.3) is 0 Å². The summed E-state index contributed by atoms with van der Waals surface area (Å²) in [7, 11) is 0. The third-order valence-electron chi connectivity index (χ3n) is 4.23. The molecule has 0 aromatic heterocycles. The number of amides is 3. The highest BCUT2D eigenvalue weighted by Crippen LogP contribution is 2.21. The molecule has 2 fully saturated rings. The summed E-state index contributed by atoms with van der Waals surface area (Å²) >= 11 is 0. The van der Waals surface area contributed by atoms with Crippen LogP contribution in [0.1, 0.15) is 39.5 Å². The molecule has 0 unspecified atom stereocenters. The van der Waals surface area contributed by atoms with Gasteiger partial charge in [-0.25, -0.2) is 4.79 Å². The minimum Gasteiger partial charge on any atom is -0.343 e. The van der Waals surface area contributed by atoms with Gasteiger partial charge >= 0.3 is 6.03 Å². The lowest BCUT2D eigenvalue weighted by Crippen LogP contribution is -2.48. The van der Waals surface area contributed by atoms with E-state index in [9.17, 15) is 9.59 Å². The Morgan fingerprint density at radius 3 is 2.37 bits per heavy atom. The number of urea groups is 1. The second kappa shape index (κ2) is 6.26. The maximum Gasteiger partial charge on any atom is 0.320 e. The Morgan fingerprint density at radius 2 is 1.84 bits per heavy atom. The van der Waals surface area contributed by atoms with Gasteiger partial charge < -0.3 is 14.7 Å². The van der Waals surface area contributed by atoms with Crippen LogP contribution in [0, 0.1) is 0 Å². The molecule has 0 atom stereocenters. The molecule has 2 heterocycles. The average molecular weight is 267 g/mol. The summed E-state index contributed by atoms with van der Waals surface area (Å²) in [5.74, 6) is 0.267. The summed E-state index contributed by atoms with van der Waals surface area (Å²) in [4.78, 5) is 29.8. The summed E-state index contributed by atoms with van der Waals surface area (Å²) in [5.41, 5.74) is 0. The zero-order valence-corrected chi connectivity index (χ0v) is 12.1. The van der Waals surface area contributed by atoms with Crippen LogP contribution < -0.4 is 0 Å². The molecule has 0 spiro atoms. The molecule has 2 rings (SSSR count). The van der Waals surface area contributed by atoms with Crippen molar-refractivity contribution in [2.45, 2.75) is 45.6 Å². The monoisotopic (exact) mass is 267 g/mol. The molecule has 0 bridgehead atoms. The van der Waals surface area contributed by atoms with Crippen LogP contribution in [0.15, 0.2) is 0 Å². The molecule has 3 amide bonds. The van der Waals surface area contributed by atoms with Crippen LogP contribution >= 0.6 is 0 Å². The van der Waals surface area contributed by atoms with E-state index in [1.54, 1.807) is 0 Å². The molecule has 5 nitrogen and oxygen atoms in total. The summed E-state index contributed by atoms with van der Waals surface area (Å²) in [6.45, 7) is 8.16. The summed E-state index contributed by atoms with van der Waals surface area (Å²) in [6.07, 6.45) is 3.42. The number of nitrogens with zero attached hydrogens (tertiary/aromatic N) is 3. The first-order chi connectivity index (χ1) is 9.17. The summed E-state index contributed by atoms with van der Waals surface area (Å²) < 4.78 is 0. The molecule has 2 aliphatic heterocycles. The van der Waals surface area contributed by atoms with E-state index in [2.05, 4.69) is 0 Å². The van der Waals surface area contributed by atoms with E-state index >= 15 is 0 Å². The van der Waals surface area contributed by atoms with Crippen LogP contribution in [0.5, 0.6) is 0 Å². The lowest BCUT2D eigenvalue weighted by atomic mass is 10.0. The van der Waals surface area contributed by atoms with Gasteiger partial charge in [0.15, 0.2) is 0 Å². The zero-order valence-electron chi connectivity index (χ0n) is 12.1. The summed E-state index contributed by atoms with van der Waals surface area (Å²) in [6, 6.07) is 0.510. The van der Waals surface area contributed by atoms with E-state index in [0.29, 0.717) is 12.5 Å². The standard InChI is InChI=1S/C14H25N3O2/c1-3-5-13(18)16-8-6-12(7-9-16)17-11-10-15(4-2)14(17)19/h12H,3-11H2,1-2H3. The van der Waals surface area contributed by atoms with Crippen LogP contribution in [-0.2, 0) is 4.79 Å². The first-order valence-electron chi connectivity index (χ1n) is 7.50. The molecule has 0 aliphatic carbocycles. The fraction of sp³-hybridized carbons (Fsp3) is 0.857. The van der Waals surface area contributed by atoms with Gasteiger partial charge in [0, 0.05) is 45.2 Å². The molecule has 19 heavy (non-hydrogen) atoms. The Hall–Kier alpha value is -1.26. The van der Waals surface area contributed by atoms with Gasteiger partial charge in [-0.2, -0.15) is 0 Å². The normalized spacial score (nSPS) is 21.4. The van der Waals surface area contributed by atoms with Gasteiger partial charge in [0.25, 0.3) is 0 Å². The van der Waals surface area contributed by atoms with Crippen molar-refractivity contribution >= 4 is 11.9 Å². The molecule has 0 saturated carbocycles. The Kier molecular flexibility index (Phi) is 4.66. The van der Waals surface area contributed by atoms with Crippen LogP contribution in [0.2, 0.25) is 0 Å². The Bertz CT molecular complexity index is 338. The fourth-order valence-corrected chi connectivity index (χ4v) is 3.03. The van der Waals surface area contributed by atoms with Crippen LogP contribution in [0.3, 0.4) is 0 Å². The number of piperidine rings is 1. The first-order valence-corrected chi connectivity index (χ1v) is 7.50. The smallest absolute Gasteiger partial charge is 0.320 e. The van der Waals surface area contributed by atoms with Gasteiger partial charge in [-0.3, -0.25) is 4.79 Å². The number of hydrogen-bond acceptors (Lipinski definition) is 2. The third kappa shape index (κ3) is 3.01. The van der Waals surface area contributed by atoms with E-state index in [4.69, 9.17) is 0 Å². The Balaban J connectivity index is 1.84. The van der Waals surface area contributed by atoms with Gasteiger partial charge in [-0.15, -0.1) is 0 Å². The second-order valence-corrected chi connectivity index (χ2v) is 5.42. The summed E-state index contributed by atoms with van der Waals surface area (Å²) in [5, 5.41) is 0. The van der Waals surface area contributed by atoms with Crippen molar-refractivity contribution in [2.24, 2.45) is 0 Å². The van der Waals surface area contributed by atoms with Crippen LogP contribution in [-0.4, -0.2) is 65.4 Å². The average Bonchev–Trinajstić information content (AvgIpc) is 2.80. The van der Waals surface area contributed by atoms with Gasteiger partial charge in [0.1, 0.15) is 0 Å². The Labute approximate surface area is 115 Å². The predicted molar refractivity (Wildman–Crippen MR) is 73.9 cm³/mol. The quantitative estimate of drug-likeness (QED) is 0.775. The SMILES string of the molecule is CCCC(=O)N1CCC(N2CCN(CC)C2=O)CC1. The number of likely N-dealkylation sites (N-methyl/N-ethyl adjacent to an activating group) is 1. The van der Waals surface area contributed by atoms with Crippen LogP contribution in [0.4, 0.5) is 4.79 Å². The molecule has 5 heteroatoms. The zero-order chi connectivity index (χ0) is 13.8. The largest absolute Gasteiger partial charge is 0.343 e. The molecule has 2 saturated heterocycles. The predicted octanol–water partition coefficient (Wildman–Crippen LogP) is 1.53. The van der Waals surface area contributed by atoms with Gasteiger partial charge in [0.05, 0.1) is 0 Å². The lowest BCUT2D eigenvalue weighted by Gasteiger charge is -2.36. The molecular weight excluding hydrogens is 242 g/mol. The fourth-order valence-electron chi connectivity index (χ4n) is 3.03. The highest BCUT2D eigenvalue weighted by molar-refractivity contribution is 5.77. The number of likely N-dealkylation sites (tertiary alicyclic amines) is 1. The van der Waals surface area contributed by atoms with E-state index in [1.807, 2.05) is 28.5 Å². The maximum atomic E-state index is 12.1. The van der Waals surface area contributed by atoms with E-state index < -0.39 is 0 Å². The number of hydrogen-bond donors (Lipinski definition) is 0. The molecule has 108 valence electrons. The minimum absolute atomic E-state index is 0.181. The number of carbonyl (C=O) groups excluding carboxylic acids is 2. The molecular formula is C14H25N3O2. The van der Waals surface area contributed by atoms with Crippen molar-refractivity contribution in [3.8, 4) is 0 Å². The number of carbonyl (C=O) groups is 2. The maximum absolute atomic E-state index is 12.1. The van der Waals surface area contributed by atoms with Crippen molar-refractivity contribution in [3.05, 3.63) is 0 Å². The minimum atomic E-state index is 0.181. The highest BCUT2D eigenvalue weighted by atomic mass is 16.2. The van der Waals surface area contributed by atoms with Gasteiger partial charge in [-0.1, -0.05) is 6.92 Å². The van der Waals surface area contributed by atoms with E-state index in [1.165, 1.54) is 0 Å². The molecule has 0 N–H and O–H groups in total.